The van der Waals surface area contributed by atoms with Gasteiger partial charge in [0.1, 0.15) is 13.6 Å². The molecule has 2 aromatic carbocycles. The van der Waals surface area contributed by atoms with Crippen LogP contribution in [0.4, 0.5) is 4.39 Å². The van der Waals surface area contributed by atoms with E-state index in [9.17, 15) is 4.39 Å². The Kier molecular flexibility index (Phi) is 2.72. The molecule has 0 aliphatic carbocycles. The Labute approximate surface area is 88.9 Å². The highest BCUT2D eigenvalue weighted by Gasteiger charge is 2.03. The molecule has 15 heavy (non-hydrogen) atoms. The first-order valence-electron chi connectivity index (χ1n) is 4.53. The summed E-state index contributed by atoms with van der Waals surface area (Å²) in [6.07, 6.45) is 0. The van der Waals surface area contributed by atoms with Crippen LogP contribution in [0.2, 0.25) is 0 Å². The monoisotopic (exact) mass is 198 g/mol. The van der Waals surface area contributed by atoms with Gasteiger partial charge in [0.25, 0.3) is 0 Å². The van der Waals surface area contributed by atoms with Gasteiger partial charge in [0.05, 0.1) is 0 Å². The van der Waals surface area contributed by atoms with Crippen molar-refractivity contribution in [2.75, 3.05) is 0 Å². The summed E-state index contributed by atoms with van der Waals surface area (Å²) in [5, 5.41) is 0. The van der Waals surface area contributed by atoms with Gasteiger partial charge in [-0.25, -0.2) is 4.39 Å². The highest BCUT2D eigenvalue weighted by molar-refractivity contribution is 6.32. The van der Waals surface area contributed by atoms with E-state index in [2.05, 4.69) is 0 Å². The summed E-state index contributed by atoms with van der Waals surface area (Å²) in [6, 6.07) is 13.4. The summed E-state index contributed by atoms with van der Waals surface area (Å²) < 4.78 is 18.7. The Morgan fingerprint density at radius 1 is 1.00 bits per heavy atom. The van der Waals surface area contributed by atoms with Crippen molar-refractivity contribution in [3.63, 3.8) is 0 Å². The van der Waals surface area contributed by atoms with Gasteiger partial charge in [0.15, 0.2) is 11.6 Å². The molecule has 72 valence electrons. The van der Waals surface area contributed by atoms with Crippen LogP contribution in [0.1, 0.15) is 0 Å². The number of para-hydroxylation sites is 1. The number of ether oxygens (including phenoxy) is 1. The predicted octanol–water partition coefficient (Wildman–Crippen LogP) is 2.41. The Balaban J connectivity index is 2.25. The molecule has 0 saturated heterocycles. The van der Waals surface area contributed by atoms with E-state index in [1.165, 1.54) is 12.1 Å². The van der Waals surface area contributed by atoms with Crippen molar-refractivity contribution in [3.8, 4) is 11.5 Å². The fraction of sp³-hybridized carbons (Fsp3) is 0. The molecule has 0 aliphatic rings. The zero-order chi connectivity index (χ0) is 10.7. The summed E-state index contributed by atoms with van der Waals surface area (Å²) in [5.41, 5.74) is 0.382. The van der Waals surface area contributed by atoms with Crippen molar-refractivity contribution >= 4 is 13.3 Å². The number of rotatable bonds is 2. The zero-order valence-corrected chi connectivity index (χ0v) is 7.98. The largest absolute Gasteiger partial charge is 0.454 e. The van der Waals surface area contributed by atoms with Gasteiger partial charge in [-0.2, -0.15) is 0 Å². The maximum absolute atomic E-state index is 13.3. The van der Waals surface area contributed by atoms with Gasteiger partial charge in [0.2, 0.25) is 0 Å². The first kappa shape index (κ1) is 9.78. The van der Waals surface area contributed by atoms with E-state index in [-0.39, 0.29) is 5.75 Å². The maximum Gasteiger partial charge on any atom is 0.165 e. The third-order valence-corrected chi connectivity index (χ3v) is 1.93. The van der Waals surface area contributed by atoms with Crippen molar-refractivity contribution in [3.05, 3.63) is 54.3 Å². The van der Waals surface area contributed by atoms with Crippen LogP contribution in [0, 0.1) is 5.82 Å². The average molecular weight is 198 g/mol. The van der Waals surface area contributed by atoms with E-state index in [0.29, 0.717) is 11.2 Å². The summed E-state index contributed by atoms with van der Waals surface area (Å²) in [7, 11) is 5.43. The molecule has 0 N–H and O–H groups in total. The first-order valence-corrected chi connectivity index (χ1v) is 4.53. The molecule has 1 nitrogen and oxygen atoms in total. The minimum Gasteiger partial charge on any atom is -0.454 e. The van der Waals surface area contributed by atoms with E-state index in [1.807, 2.05) is 18.2 Å². The van der Waals surface area contributed by atoms with Gasteiger partial charge in [-0.05, 0) is 24.3 Å². The Morgan fingerprint density at radius 2 is 1.73 bits per heavy atom. The number of hydrogen-bond acceptors (Lipinski definition) is 1. The van der Waals surface area contributed by atoms with Crippen LogP contribution >= 0.6 is 0 Å². The molecule has 0 fully saturated rings. The molecule has 0 atom stereocenters. The molecule has 2 rings (SSSR count). The molecular formula is C12H8BFO. The summed E-state index contributed by atoms with van der Waals surface area (Å²) in [4.78, 5) is 0. The lowest BCUT2D eigenvalue weighted by Crippen LogP contribution is -2.02. The van der Waals surface area contributed by atoms with E-state index in [4.69, 9.17) is 12.6 Å². The van der Waals surface area contributed by atoms with Gasteiger partial charge in [-0.15, -0.1) is 0 Å². The van der Waals surface area contributed by atoms with Crippen LogP contribution in [0.25, 0.3) is 0 Å². The van der Waals surface area contributed by atoms with Crippen molar-refractivity contribution in [1.82, 2.24) is 0 Å². The van der Waals surface area contributed by atoms with E-state index in [0.717, 1.165) is 0 Å². The van der Waals surface area contributed by atoms with Crippen LogP contribution in [0.15, 0.2) is 48.5 Å². The highest BCUT2D eigenvalue weighted by Crippen LogP contribution is 2.22. The molecule has 2 radical (unpaired) electrons. The second-order valence-corrected chi connectivity index (χ2v) is 3.10. The van der Waals surface area contributed by atoms with Gasteiger partial charge in [-0.3, -0.25) is 0 Å². The van der Waals surface area contributed by atoms with Crippen molar-refractivity contribution in [2.45, 2.75) is 0 Å². The van der Waals surface area contributed by atoms with E-state index < -0.39 is 5.82 Å². The lowest BCUT2D eigenvalue weighted by atomic mass is 9.96. The third kappa shape index (κ3) is 2.37. The average Bonchev–Trinajstić information content (AvgIpc) is 2.24. The Hall–Kier alpha value is -1.77. The second-order valence-electron chi connectivity index (χ2n) is 3.10. The van der Waals surface area contributed by atoms with Crippen LogP contribution in [0.5, 0.6) is 11.5 Å². The van der Waals surface area contributed by atoms with Crippen molar-refractivity contribution in [2.24, 2.45) is 0 Å². The smallest absolute Gasteiger partial charge is 0.165 e. The molecule has 0 heterocycles. The lowest BCUT2D eigenvalue weighted by Gasteiger charge is -2.06. The normalized spacial score (nSPS) is 9.93. The number of halogens is 1. The maximum atomic E-state index is 13.3. The molecule has 2 aromatic rings. The first-order chi connectivity index (χ1) is 7.25. The third-order valence-electron chi connectivity index (χ3n) is 1.93. The number of hydrogen-bond donors (Lipinski definition) is 0. The molecular weight excluding hydrogens is 190 g/mol. The topological polar surface area (TPSA) is 9.23 Å². The molecule has 0 aliphatic heterocycles. The molecule has 0 unspecified atom stereocenters. The summed E-state index contributed by atoms with van der Waals surface area (Å²) in [5.74, 6) is 0.315. The van der Waals surface area contributed by atoms with Crippen molar-refractivity contribution in [1.29, 1.82) is 0 Å². The van der Waals surface area contributed by atoms with Crippen LogP contribution in [-0.2, 0) is 0 Å². The van der Waals surface area contributed by atoms with Crippen LogP contribution < -0.4 is 10.2 Å². The quantitative estimate of drug-likeness (QED) is 0.673. The molecule has 0 amide bonds. The number of benzene rings is 2. The zero-order valence-electron chi connectivity index (χ0n) is 7.98. The summed E-state index contributed by atoms with van der Waals surface area (Å²) in [6.45, 7) is 0. The van der Waals surface area contributed by atoms with E-state index >= 15 is 0 Å². The fourth-order valence-electron chi connectivity index (χ4n) is 1.22. The van der Waals surface area contributed by atoms with Gasteiger partial charge < -0.3 is 4.74 Å². The minimum atomic E-state index is -0.459. The molecule has 0 bridgehead atoms. The van der Waals surface area contributed by atoms with Gasteiger partial charge in [-0.1, -0.05) is 29.7 Å². The van der Waals surface area contributed by atoms with Crippen LogP contribution in [-0.4, -0.2) is 7.85 Å². The lowest BCUT2D eigenvalue weighted by molar-refractivity contribution is 0.443. The predicted molar refractivity (Wildman–Crippen MR) is 58.3 cm³/mol. The summed E-state index contributed by atoms with van der Waals surface area (Å²) >= 11 is 0. The SMILES string of the molecule is [B]c1ccc(Oc2ccccc2)c(F)c1. The minimum absolute atomic E-state index is 0.176. The van der Waals surface area contributed by atoms with Gasteiger partial charge >= 0.3 is 0 Å². The molecule has 0 spiro atoms. The highest BCUT2D eigenvalue weighted by atomic mass is 19.1. The molecule has 0 saturated carbocycles. The Morgan fingerprint density at radius 3 is 2.40 bits per heavy atom. The fourth-order valence-corrected chi connectivity index (χ4v) is 1.22. The van der Waals surface area contributed by atoms with E-state index in [1.54, 1.807) is 18.2 Å². The second kappa shape index (κ2) is 4.17. The van der Waals surface area contributed by atoms with Gasteiger partial charge in [0, 0.05) is 0 Å². The van der Waals surface area contributed by atoms with Crippen LogP contribution in [0.3, 0.4) is 0 Å². The van der Waals surface area contributed by atoms with Crippen molar-refractivity contribution < 1.29 is 9.13 Å². The Bertz CT molecular complexity index is 456. The molecule has 3 heteroatoms. The standard InChI is InChI=1S/C12H8BFO/c13-9-6-7-12(11(14)8-9)15-10-4-2-1-3-5-10/h1-8H. The molecule has 0 aromatic heterocycles.